The number of benzene rings is 3. The normalized spacial score (nSPS) is 12.0. The van der Waals surface area contributed by atoms with Crippen molar-refractivity contribution >= 4 is 23.2 Å². The Bertz CT molecular complexity index is 1160. The Morgan fingerprint density at radius 3 is 2.20 bits per heavy atom. The van der Waals surface area contributed by atoms with E-state index in [-0.39, 0.29) is 5.60 Å². The van der Waals surface area contributed by atoms with Crippen LogP contribution in [0.4, 0.5) is 0 Å². The van der Waals surface area contributed by atoms with E-state index in [1.54, 1.807) is 0 Å². The summed E-state index contributed by atoms with van der Waals surface area (Å²) in [5, 5.41) is 0. The summed E-state index contributed by atoms with van der Waals surface area (Å²) in [6.45, 7) is 8.33. The largest absolute Gasteiger partial charge is 0.488 e. The van der Waals surface area contributed by atoms with E-state index in [9.17, 15) is 0 Å². The molecular formula is C27H28N2O. The predicted octanol–water partition coefficient (Wildman–Crippen LogP) is 6.94. The molecule has 0 unspecified atom stereocenters. The number of imidazole rings is 1. The highest BCUT2D eigenvalue weighted by atomic mass is 16.5. The fraction of sp³-hybridized carbons (Fsp3) is 0.222. The average Bonchev–Trinajstić information content (AvgIpc) is 3.15. The molecule has 3 aromatic carbocycles. The Labute approximate surface area is 178 Å². The fourth-order valence-corrected chi connectivity index (χ4v) is 3.42. The molecule has 4 aromatic rings. The molecule has 0 aliphatic rings. The minimum atomic E-state index is -0.203. The number of aromatic nitrogens is 2. The summed E-state index contributed by atoms with van der Waals surface area (Å²) < 4.78 is 8.03. The highest BCUT2D eigenvalue weighted by molar-refractivity contribution is 5.82. The van der Waals surface area contributed by atoms with Crippen LogP contribution < -0.4 is 4.74 Å². The molecule has 1 aromatic heterocycles. The maximum Gasteiger partial charge on any atom is 0.120 e. The van der Waals surface area contributed by atoms with Gasteiger partial charge in [0.2, 0.25) is 0 Å². The van der Waals surface area contributed by atoms with E-state index >= 15 is 0 Å². The minimum absolute atomic E-state index is 0.203. The molecule has 0 radical (unpaired) electrons. The third kappa shape index (κ3) is 4.62. The first-order valence-corrected chi connectivity index (χ1v) is 10.4. The second-order valence-electron chi connectivity index (χ2n) is 8.50. The molecule has 0 N–H and O–H groups in total. The zero-order valence-electron chi connectivity index (χ0n) is 18.1. The van der Waals surface area contributed by atoms with Crippen LogP contribution in [0.15, 0.2) is 73.1 Å². The van der Waals surface area contributed by atoms with Gasteiger partial charge in [0.15, 0.2) is 0 Å². The molecule has 3 nitrogen and oxygen atoms in total. The molecule has 4 rings (SSSR count). The van der Waals surface area contributed by atoms with Crippen LogP contribution in [0, 0.1) is 0 Å². The molecule has 0 aliphatic heterocycles. The van der Waals surface area contributed by atoms with Gasteiger partial charge in [-0.15, -0.1) is 0 Å². The van der Waals surface area contributed by atoms with Crippen LogP contribution in [0.5, 0.6) is 5.75 Å². The van der Waals surface area contributed by atoms with Crippen LogP contribution in [-0.4, -0.2) is 15.2 Å². The lowest BCUT2D eigenvalue weighted by atomic mass is 10.1. The Morgan fingerprint density at radius 1 is 0.867 bits per heavy atom. The number of ether oxygens (including phenoxy) is 1. The van der Waals surface area contributed by atoms with E-state index in [1.165, 1.54) is 11.1 Å². The summed E-state index contributed by atoms with van der Waals surface area (Å²) in [6.07, 6.45) is 7.22. The third-order valence-electron chi connectivity index (χ3n) is 4.97. The van der Waals surface area contributed by atoms with Crippen molar-refractivity contribution in [2.24, 2.45) is 0 Å². The summed E-state index contributed by atoms with van der Waals surface area (Å²) in [5.74, 6) is 0.870. The zero-order chi connectivity index (χ0) is 21.1. The topological polar surface area (TPSA) is 27.1 Å². The smallest absolute Gasteiger partial charge is 0.120 e. The van der Waals surface area contributed by atoms with Gasteiger partial charge in [0.25, 0.3) is 0 Å². The molecule has 0 amide bonds. The SMILES string of the molecule is CCc1ccc(C=Cc2ccc3c(c2)ncn3-c2ccc(OC(C)(C)C)cc2)cc1. The van der Waals surface area contributed by atoms with Crippen LogP contribution in [0.3, 0.4) is 0 Å². The van der Waals surface area contributed by atoms with E-state index in [1.807, 2.05) is 18.5 Å². The lowest BCUT2D eigenvalue weighted by Crippen LogP contribution is -2.22. The Balaban J connectivity index is 1.55. The van der Waals surface area contributed by atoms with Gasteiger partial charge in [0, 0.05) is 5.69 Å². The second kappa shape index (κ2) is 8.19. The van der Waals surface area contributed by atoms with Crippen LogP contribution in [-0.2, 0) is 6.42 Å². The summed E-state index contributed by atoms with van der Waals surface area (Å²) in [7, 11) is 0. The van der Waals surface area contributed by atoms with E-state index in [2.05, 4.69) is 104 Å². The van der Waals surface area contributed by atoms with Crippen molar-refractivity contribution < 1.29 is 4.74 Å². The van der Waals surface area contributed by atoms with E-state index in [4.69, 9.17) is 4.74 Å². The van der Waals surface area contributed by atoms with Crippen molar-refractivity contribution in [2.45, 2.75) is 39.7 Å². The standard InChI is InChI=1S/C27H28N2O/c1-5-20-6-8-21(9-7-20)10-11-22-12-17-26-25(18-22)28-19-29(26)23-13-15-24(16-14-23)30-27(2,3)4/h6-19H,5H2,1-4H3. The predicted molar refractivity (Wildman–Crippen MR) is 126 cm³/mol. The van der Waals surface area contributed by atoms with Gasteiger partial charge in [-0.3, -0.25) is 4.57 Å². The highest BCUT2D eigenvalue weighted by Crippen LogP contribution is 2.24. The molecule has 1 heterocycles. The van der Waals surface area contributed by atoms with Gasteiger partial charge in [-0.1, -0.05) is 49.4 Å². The Morgan fingerprint density at radius 2 is 1.53 bits per heavy atom. The number of fused-ring (bicyclic) bond motifs is 1. The summed E-state index contributed by atoms with van der Waals surface area (Å²) in [5.41, 5.74) is 6.63. The van der Waals surface area contributed by atoms with Gasteiger partial charge in [-0.05, 0) is 80.3 Å². The minimum Gasteiger partial charge on any atom is -0.488 e. The molecule has 0 atom stereocenters. The van der Waals surface area contributed by atoms with Crippen molar-refractivity contribution in [3.8, 4) is 11.4 Å². The maximum atomic E-state index is 5.92. The molecular weight excluding hydrogens is 368 g/mol. The quantitative estimate of drug-likeness (QED) is 0.342. The van der Waals surface area contributed by atoms with Crippen molar-refractivity contribution in [1.29, 1.82) is 0 Å². The molecule has 0 spiro atoms. The average molecular weight is 397 g/mol. The van der Waals surface area contributed by atoms with Crippen molar-refractivity contribution in [3.63, 3.8) is 0 Å². The van der Waals surface area contributed by atoms with Crippen molar-refractivity contribution in [2.75, 3.05) is 0 Å². The number of hydrogen-bond donors (Lipinski definition) is 0. The van der Waals surface area contributed by atoms with Crippen LogP contribution >= 0.6 is 0 Å². The Hall–Kier alpha value is -3.33. The third-order valence-corrected chi connectivity index (χ3v) is 4.97. The molecule has 0 saturated carbocycles. The van der Waals surface area contributed by atoms with Gasteiger partial charge >= 0.3 is 0 Å². The van der Waals surface area contributed by atoms with Gasteiger partial charge < -0.3 is 4.74 Å². The fourth-order valence-electron chi connectivity index (χ4n) is 3.42. The molecule has 0 saturated heterocycles. The highest BCUT2D eigenvalue weighted by Gasteiger charge is 2.12. The zero-order valence-corrected chi connectivity index (χ0v) is 18.1. The first-order valence-electron chi connectivity index (χ1n) is 10.4. The number of aryl methyl sites for hydroxylation is 1. The molecule has 0 fully saturated rings. The molecule has 0 aliphatic carbocycles. The maximum absolute atomic E-state index is 5.92. The second-order valence-corrected chi connectivity index (χ2v) is 8.50. The molecule has 3 heteroatoms. The summed E-state index contributed by atoms with van der Waals surface area (Å²) in [6, 6.07) is 23.2. The summed E-state index contributed by atoms with van der Waals surface area (Å²) >= 11 is 0. The Kier molecular flexibility index (Phi) is 5.45. The monoisotopic (exact) mass is 396 g/mol. The van der Waals surface area contributed by atoms with E-state index in [0.29, 0.717) is 0 Å². The molecule has 0 bridgehead atoms. The lowest BCUT2D eigenvalue weighted by molar-refractivity contribution is 0.131. The first kappa shape index (κ1) is 20.0. The lowest BCUT2D eigenvalue weighted by Gasteiger charge is -2.21. The van der Waals surface area contributed by atoms with E-state index < -0.39 is 0 Å². The number of rotatable bonds is 5. The van der Waals surface area contributed by atoms with Crippen LogP contribution in [0.25, 0.3) is 28.9 Å². The van der Waals surface area contributed by atoms with Gasteiger partial charge in [-0.25, -0.2) is 4.98 Å². The van der Waals surface area contributed by atoms with Crippen molar-refractivity contribution in [1.82, 2.24) is 9.55 Å². The molecule has 152 valence electrons. The first-order chi connectivity index (χ1) is 14.4. The van der Waals surface area contributed by atoms with Crippen LogP contribution in [0.2, 0.25) is 0 Å². The number of nitrogens with zero attached hydrogens (tertiary/aromatic N) is 2. The van der Waals surface area contributed by atoms with E-state index in [0.717, 1.165) is 34.5 Å². The van der Waals surface area contributed by atoms with Gasteiger partial charge in [0.1, 0.15) is 17.7 Å². The molecule has 30 heavy (non-hydrogen) atoms. The van der Waals surface area contributed by atoms with Gasteiger partial charge in [0.05, 0.1) is 11.0 Å². The van der Waals surface area contributed by atoms with Gasteiger partial charge in [-0.2, -0.15) is 0 Å². The summed E-state index contributed by atoms with van der Waals surface area (Å²) in [4.78, 5) is 4.61. The van der Waals surface area contributed by atoms with Crippen LogP contribution in [0.1, 0.15) is 44.4 Å². The van der Waals surface area contributed by atoms with Crippen molar-refractivity contribution in [3.05, 3.63) is 89.7 Å². The number of hydrogen-bond acceptors (Lipinski definition) is 2.